The van der Waals surface area contributed by atoms with Crippen molar-refractivity contribution in [2.75, 3.05) is 19.0 Å². The fourth-order valence-corrected chi connectivity index (χ4v) is 5.03. The number of allylic oxidation sites excluding steroid dienone is 2. The van der Waals surface area contributed by atoms with E-state index in [0.717, 1.165) is 5.69 Å². The second-order valence-electron chi connectivity index (χ2n) is 10.7. The van der Waals surface area contributed by atoms with Crippen LogP contribution in [0.15, 0.2) is 36.1 Å². The van der Waals surface area contributed by atoms with Crippen molar-refractivity contribution >= 4 is 40.2 Å². The summed E-state index contributed by atoms with van der Waals surface area (Å²) in [6, 6.07) is 16.3. The van der Waals surface area contributed by atoms with Crippen molar-refractivity contribution in [3.05, 3.63) is 53.3 Å². The van der Waals surface area contributed by atoms with Crippen LogP contribution in [0.5, 0.6) is 0 Å². The predicted molar refractivity (Wildman–Crippen MR) is 134 cm³/mol. The van der Waals surface area contributed by atoms with Crippen LogP contribution in [0.3, 0.4) is 0 Å². The number of hydrogen-bond donors (Lipinski definition) is 1. The van der Waals surface area contributed by atoms with E-state index in [2.05, 4.69) is 92.2 Å². The van der Waals surface area contributed by atoms with Crippen LogP contribution in [0.25, 0.3) is 0 Å². The second-order valence-corrected chi connectivity index (χ2v) is 10.7. The van der Waals surface area contributed by atoms with Crippen molar-refractivity contribution in [2.45, 2.75) is 65.2 Å². The summed E-state index contributed by atoms with van der Waals surface area (Å²) < 4.78 is 4.29. The Morgan fingerprint density at radius 2 is 1.79 bits per heavy atom. The minimum Gasteiger partial charge on any atom is -0.512 e. The monoisotopic (exact) mass is 637 g/mol. The minimum atomic E-state index is -0.125. The number of nitrogens with zero attached hydrogens (tertiary/aromatic N) is 3. The summed E-state index contributed by atoms with van der Waals surface area (Å²) in [7, 11) is 4.24. The molecule has 0 bridgehead atoms. The van der Waals surface area contributed by atoms with Gasteiger partial charge in [0.2, 0.25) is 0 Å². The predicted octanol–water partition coefficient (Wildman–Crippen LogP) is 6.25. The van der Waals surface area contributed by atoms with Crippen LogP contribution in [-0.4, -0.2) is 35.6 Å². The summed E-state index contributed by atoms with van der Waals surface area (Å²) in [5.74, 6) is -0.0625. The Kier molecular flexibility index (Phi) is 6.85. The standard InChI is InChI=1S/C23H26N3.C5H8O2.Ir/c1-22(2)10-11-23(3,4)16-13-20-19(12-15(16)22)25(6)18-9-7-8-17-21(18)26(20)14-24(17)5;1-4(6)3-5(2)7;/h7-9,12H,10-11H2,1-6H3;3,6H,1-2H3;/q+1;;/b;4-3-;. The molecule has 0 atom stereocenters. The van der Waals surface area contributed by atoms with Crippen molar-refractivity contribution in [1.82, 2.24) is 4.58 Å². The third-order valence-electron chi connectivity index (χ3n) is 7.00. The Bertz CT molecular complexity index is 1280. The van der Waals surface area contributed by atoms with Gasteiger partial charge in [-0.1, -0.05) is 60.8 Å². The van der Waals surface area contributed by atoms with Crippen molar-refractivity contribution in [3.8, 4) is 0 Å². The van der Waals surface area contributed by atoms with E-state index in [4.69, 9.17) is 5.11 Å². The number of carbonyl (C=O) groups is 1. The molecule has 2 aromatic carbocycles. The zero-order valence-corrected chi connectivity index (χ0v) is 23.7. The molecule has 6 heteroatoms. The molecule has 0 fully saturated rings. The molecule has 1 aliphatic carbocycles. The largest absolute Gasteiger partial charge is 0.512 e. The molecule has 0 saturated carbocycles. The molecule has 0 aromatic heterocycles. The van der Waals surface area contributed by atoms with Crippen molar-refractivity contribution < 1.29 is 34.6 Å². The molecule has 0 spiro atoms. The maximum absolute atomic E-state index is 10.0. The van der Waals surface area contributed by atoms with E-state index in [0.29, 0.717) is 0 Å². The fourth-order valence-electron chi connectivity index (χ4n) is 5.03. The van der Waals surface area contributed by atoms with E-state index >= 15 is 0 Å². The van der Waals surface area contributed by atoms with E-state index in [1.807, 2.05) is 0 Å². The number of aliphatic hydroxyl groups excluding tert-OH is 1. The first kappa shape index (κ1) is 26.1. The Morgan fingerprint density at radius 1 is 1.15 bits per heavy atom. The zero-order chi connectivity index (χ0) is 24.3. The Balaban J connectivity index is 0.000000357. The first-order valence-electron chi connectivity index (χ1n) is 11.5. The van der Waals surface area contributed by atoms with Gasteiger partial charge < -0.3 is 10.0 Å². The first-order chi connectivity index (χ1) is 15.3. The van der Waals surface area contributed by atoms with Crippen LogP contribution >= 0.6 is 0 Å². The summed E-state index contributed by atoms with van der Waals surface area (Å²) in [5.41, 5.74) is 9.17. The molecule has 0 saturated heterocycles. The molecule has 5 nitrogen and oxygen atoms in total. The summed E-state index contributed by atoms with van der Waals surface area (Å²) in [6.07, 6.45) is 3.59. The number of aliphatic hydroxyl groups is 1. The third kappa shape index (κ3) is 4.31. The molecule has 2 aromatic rings. The van der Waals surface area contributed by atoms with Crippen LogP contribution in [-0.2, 0) is 35.7 Å². The molecule has 5 rings (SSSR count). The number of fused-ring (bicyclic) bond motifs is 3. The number of anilines is 2. The Hall–Kier alpha value is -2.52. The Morgan fingerprint density at radius 3 is 2.38 bits per heavy atom. The van der Waals surface area contributed by atoms with Crippen LogP contribution in [0.1, 0.15) is 65.5 Å². The fraction of sp³-hybridized carbons (Fsp3) is 0.429. The third-order valence-corrected chi connectivity index (χ3v) is 7.00. The van der Waals surface area contributed by atoms with E-state index in [1.165, 1.54) is 66.6 Å². The Labute approximate surface area is 216 Å². The maximum atomic E-state index is 10.0. The zero-order valence-electron chi connectivity index (χ0n) is 21.3. The summed E-state index contributed by atoms with van der Waals surface area (Å²) in [5, 5.41) is 8.36. The van der Waals surface area contributed by atoms with Crippen LogP contribution in [0, 0.1) is 6.07 Å². The van der Waals surface area contributed by atoms with Gasteiger partial charge in [0.25, 0.3) is 5.69 Å². The van der Waals surface area contributed by atoms with Gasteiger partial charge in [0.1, 0.15) is 11.4 Å². The number of rotatable bonds is 1. The normalized spacial score (nSPS) is 18.2. The molecule has 181 valence electrons. The number of para-hydroxylation sites is 1. The van der Waals surface area contributed by atoms with Crippen LogP contribution in [0.4, 0.5) is 28.4 Å². The number of hydrogen-bond acceptors (Lipinski definition) is 3. The average Bonchev–Trinajstić information content (AvgIpc) is 3.06. The van der Waals surface area contributed by atoms with E-state index in [9.17, 15) is 4.79 Å². The number of ketones is 1. The van der Waals surface area contributed by atoms with Gasteiger partial charge in [-0.25, -0.2) is 0 Å². The van der Waals surface area contributed by atoms with E-state index in [1.54, 1.807) is 0 Å². The molecule has 2 heterocycles. The van der Waals surface area contributed by atoms with Crippen LogP contribution in [0.2, 0.25) is 0 Å². The van der Waals surface area contributed by atoms with Gasteiger partial charge in [0, 0.05) is 37.9 Å². The second kappa shape index (κ2) is 8.92. The van der Waals surface area contributed by atoms with Gasteiger partial charge in [-0.2, -0.15) is 0 Å². The summed E-state index contributed by atoms with van der Waals surface area (Å²) >= 11 is 0. The van der Waals surface area contributed by atoms with Crippen molar-refractivity contribution in [3.63, 3.8) is 0 Å². The number of carbonyl (C=O) groups excluding carboxylic acids is 1. The molecule has 1 radical (unpaired) electrons. The topological polar surface area (TPSA) is 46.6 Å². The minimum absolute atomic E-state index is 0. The molecular formula is C28H34IrN3O2+. The first-order valence-corrected chi connectivity index (χ1v) is 11.5. The van der Waals surface area contributed by atoms with Gasteiger partial charge in [-0.15, -0.1) is 17.2 Å². The molecular weight excluding hydrogens is 603 g/mol. The average molecular weight is 637 g/mol. The number of benzene rings is 2. The molecule has 34 heavy (non-hydrogen) atoms. The maximum Gasteiger partial charge on any atom is 0.494 e. The molecule has 0 unspecified atom stereocenters. The molecule has 0 amide bonds. The van der Waals surface area contributed by atoms with E-state index in [-0.39, 0.29) is 42.5 Å². The molecule has 2 aliphatic heterocycles. The van der Waals surface area contributed by atoms with Crippen molar-refractivity contribution in [2.24, 2.45) is 0 Å². The van der Waals surface area contributed by atoms with Gasteiger partial charge in [-0.05, 0) is 38.8 Å². The van der Waals surface area contributed by atoms with E-state index < -0.39 is 0 Å². The van der Waals surface area contributed by atoms with Gasteiger partial charge in [0.15, 0.2) is 12.8 Å². The summed E-state index contributed by atoms with van der Waals surface area (Å²) in [6.45, 7) is 12.3. The van der Waals surface area contributed by atoms with Gasteiger partial charge in [-0.3, -0.25) is 4.79 Å². The molecule has 1 N–H and O–H groups in total. The van der Waals surface area contributed by atoms with Crippen molar-refractivity contribution in [1.29, 1.82) is 0 Å². The smallest absolute Gasteiger partial charge is 0.494 e. The van der Waals surface area contributed by atoms with Crippen LogP contribution < -0.4 is 9.48 Å². The quantitative estimate of drug-likeness (QED) is 0.174. The summed E-state index contributed by atoms with van der Waals surface area (Å²) in [4.78, 5) is 12.3. The molecule has 3 aliphatic rings. The van der Waals surface area contributed by atoms with Gasteiger partial charge in [0.05, 0.1) is 5.76 Å². The SMILES string of the molecule is CC(=O)/C=C(/C)O.CN1c2cc3c([c-]c2[N+]2=C=[N+](C)c4cccc1c42)C(C)(C)CCC3(C)C.[Ir]. The van der Waals surface area contributed by atoms with Gasteiger partial charge >= 0.3 is 11.7 Å².